The molecule has 2 rings (SSSR count). The van der Waals surface area contributed by atoms with Crippen LogP contribution in [-0.4, -0.2) is 64.0 Å². The van der Waals surface area contributed by atoms with Gasteiger partial charge in [0.2, 0.25) is 0 Å². The molecule has 0 saturated carbocycles. The molecule has 1 aliphatic rings. The average Bonchev–Trinajstić information content (AvgIpc) is 2.46. The van der Waals surface area contributed by atoms with E-state index in [1.54, 1.807) is 0 Å². The molecular formula is C13H17N3O5. The number of ether oxygens (including phenoxy) is 1. The van der Waals surface area contributed by atoms with Gasteiger partial charge in [-0.25, -0.2) is 9.59 Å². The van der Waals surface area contributed by atoms with E-state index in [0.29, 0.717) is 12.2 Å². The zero-order valence-electron chi connectivity index (χ0n) is 11.5. The minimum Gasteiger partial charge on any atom is -0.478 e. The third-order valence-electron chi connectivity index (χ3n) is 3.05. The molecule has 0 bridgehead atoms. The number of aliphatic hydroxyl groups excluding tert-OH is 1. The molecule has 2 amide bonds. The summed E-state index contributed by atoms with van der Waals surface area (Å²) in [6.45, 7) is 2.33. The van der Waals surface area contributed by atoms with Gasteiger partial charge < -0.3 is 25.2 Å². The Bertz CT molecular complexity index is 536. The van der Waals surface area contributed by atoms with Crippen molar-refractivity contribution in [1.29, 1.82) is 0 Å². The fraction of sp³-hybridized carbons (Fsp3) is 0.462. The van der Waals surface area contributed by atoms with Crippen molar-refractivity contribution >= 4 is 17.7 Å². The van der Waals surface area contributed by atoms with Crippen molar-refractivity contribution in [2.45, 2.75) is 19.1 Å². The highest BCUT2D eigenvalue weighted by Gasteiger charge is 2.28. The molecule has 114 valence electrons. The minimum absolute atomic E-state index is 0.00335. The molecule has 8 nitrogen and oxygen atoms in total. The number of aliphatic hydroxyl groups is 1. The molecule has 21 heavy (non-hydrogen) atoms. The number of aromatic nitrogens is 1. The SMILES string of the molecule is CC1CN(C(=O)Nc2cncc(C(=O)O)c2)CC(CO)O1. The second kappa shape index (κ2) is 6.51. The van der Waals surface area contributed by atoms with E-state index in [0.717, 1.165) is 0 Å². The van der Waals surface area contributed by atoms with Crippen LogP contribution in [-0.2, 0) is 4.74 Å². The predicted octanol–water partition coefficient (Wildman–Crippen LogP) is 0.393. The van der Waals surface area contributed by atoms with Crippen molar-refractivity contribution in [3.05, 3.63) is 24.0 Å². The Kier molecular flexibility index (Phi) is 4.71. The van der Waals surface area contributed by atoms with E-state index in [-0.39, 0.29) is 30.9 Å². The van der Waals surface area contributed by atoms with E-state index in [1.165, 1.54) is 23.4 Å². The number of carbonyl (C=O) groups excluding carboxylic acids is 1. The van der Waals surface area contributed by atoms with Gasteiger partial charge in [-0.15, -0.1) is 0 Å². The van der Waals surface area contributed by atoms with E-state index >= 15 is 0 Å². The zero-order valence-corrected chi connectivity index (χ0v) is 11.5. The Morgan fingerprint density at radius 3 is 2.90 bits per heavy atom. The highest BCUT2D eigenvalue weighted by molar-refractivity contribution is 5.92. The van der Waals surface area contributed by atoms with Crippen LogP contribution in [0.2, 0.25) is 0 Å². The highest BCUT2D eigenvalue weighted by atomic mass is 16.5. The Labute approximate surface area is 121 Å². The molecule has 1 aromatic heterocycles. The molecule has 2 unspecified atom stereocenters. The Balaban J connectivity index is 2.03. The maximum Gasteiger partial charge on any atom is 0.337 e. The minimum atomic E-state index is -1.11. The van der Waals surface area contributed by atoms with Crippen LogP contribution in [0, 0.1) is 0 Å². The van der Waals surface area contributed by atoms with Gasteiger partial charge in [0.1, 0.15) is 0 Å². The molecule has 1 saturated heterocycles. The summed E-state index contributed by atoms with van der Waals surface area (Å²) in [6, 6.07) is 0.952. The van der Waals surface area contributed by atoms with Gasteiger partial charge in [0.15, 0.2) is 0 Å². The lowest BCUT2D eigenvalue weighted by molar-refractivity contribution is -0.0822. The first kappa shape index (κ1) is 15.2. The van der Waals surface area contributed by atoms with E-state index in [4.69, 9.17) is 14.9 Å². The summed E-state index contributed by atoms with van der Waals surface area (Å²) in [6.07, 6.45) is 1.99. The lowest BCUT2D eigenvalue weighted by atomic mass is 10.2. The summed E-state index contributed by atoms with van der Waals surface area (Å²) in [5, 5.41) is 20.6. The van der Waals surface area contributed by atoms with E-state index < -0.39 is 12.1 Å². The number of nitrogens with zero attached hydrogens (tertiary/aromatic N) is 2. The lowest BCUT2D eigenvalue weighted by Gasteiger charge is -2.35. The summed E-state index contributed by atoms with van der Waals surface area (Å²) in [5.74, 6) is -1.11. The molecule has 1 fully saturated rings. The molecule has 0 aliphatic carbocycles. The summed E-state index contributed by atoms with van der Waals surface area (Å²) >= 11 is 0. The zero-order chi connectivity index (χ0) is 15.4. The van der Waals surface area contributed by atoms with Crippen LogP contribution in [0.4, 0.5) is 10.5 Å². The number of aromatic carboxylic acids is 1. The van der Waals surface area contributed by atoms with Gasteiger partial charge >= 0.3 is 12.0 Å². The third kappa shape index (κ3) is 3.89. The number of carboxylic acid groups (broad SMARTS) is 1. The van der Waals surface area contributed by atoms with Crippen LogP contribution >= 0.6 is 0 Å². The summed E-state index contributed by atoms with van der Waals surface area (Å²) in [7, 11) is 0. The van der Waals surface area contributed by atoms with Crippen LogP contribution in [0.25, 0.3) is 0 Å². The van der Waals surface area contributed by atoms with Crippen LogP contribution in [0.3, 0.4) is 0 Å². The summed E-state index contributed by atoms with van der Waals surface area (Å²) < 4.78 is 5.45. The quantitative estimate of drug-likeness (QED) is 0.744. The van der Waals surface area contributed by atoms with Gasteiger partial charge in [0.25, 0.3) is 0 Å². The summed E-state index contributed by atoms with van der Waals surface area (Å²) in [5.41, 5.74) is 0.302. The first-order chi connectivity index (χ1) is 9.99. The Morgan fingerprint density at radius 1 is 1.48 bits per heavy atom. The van der Waals surface area contributed by atoms with Crippen molar-refractivity contribution in [3.8, 4) is 0 Å². The highest BCUT2D eigenvalue weighted by Crippen LogP contribution is 2.14. The Hall–Kier alpha value is -2.19. The number of nitrogens with one attached hydrogen (secondary N) is 1. The van der Waals surface area contributed by atoms with Crippen molar-refractivity contribution < 1.29 is 24.5 Å². The van der Waals surface area contributed by atoms with Crippen LogP contribution in [0.5, 0.6) is 0 Å². The Morgan fingerprint density at radius 2 is 2.24 bits per heavy atom. The van der Waals surface area contributed by atoms with Gasteiger partial charge in [0, 0.05) is 12.7 Å². The number of urea groups is 1. The molecular weight excluding hydrogens is 278 g/mol. The molecule has 3 N–H and O–H groups in total. The number of rotatable bonds is 3. The topological polar surface area (TPSA) is 112 Å². The van der Waals surface area contributed by atoms with Gasteiger partial charge in [-0.3, -0.25) is 4.98 Å². The maximum absolute atomic E-state index is 12.2. The number of carboxylic acids is 1. The number of hydrogen-bond acceptors (Lipinski definition) is 5. The lowest BCUT2D eigenvalue weighted by Crippen LogP contribution is -2.51. The number of hydrogen-bond donors (Lipinski definition) is 3. The number of morpholine rings is 1. The monoisotopic (exact) mass is 295 g/mol. The first-order valence-corrected chi connectivity index (χ1v) is 6.50. The van der Waals surface area contributed by atoms with Crippen molar-refractivity contribution in [1.82, 2.24) is 9.88 Å². The smallest absolute Gasteiger partial charge is 0.337 e. The first-order valence-electron chi connectivity index (χ1n) is 6.50. The second-order valence-corrected chi connectivity index (χ2v) is 4.85. The van der Waals surface area contributed by atoms with E-state index in [9.17, 15) is 9.59 Å². The van der Waals surface area contributed by atoms with Gasteiger partial charge in [0.05, 0.1) is 42.8 Å². The standard InChI is InChI=1S/C13H17N3O5/c1-8-5-16(6-11(7-17)21-8)13(20)15-10-2-9(12(18)19)3-14-4-10/h2-4,8,11,17H,5-7H2,1H3,(H,15,20)(H,18,19). The normalized spacial score (nSPS) is 21.9. The second-order valence-electron chi connectivity index (χ2n) is 4.85. The van der Waals surface area contributed by atoms with Crippen LogP contribution in [0.15, 0.2) is 18.5 Å². The molecule has 0 radical (unpaired) electrons. The molecule has 2 heterocycles. The molecule has 0 spiro atoms. The predicted molar refractivity (Wildman–Crippen MR) is 73.2 cm³/mol. The van der Waals surface area contributed by atoms with Crippen LogP contribution in [0.1, 0.15) is 17.3 Å². The number of amides is 2. The number of anilines is 1. The molecule has 0 aromatic carbocycles. The fourth-order valence-corrected chi connectivity index (χ4v) is 2.14. The van der Waals surface area contributed by atoms with Gasteiger partial charge in [-0.2, -0.15) is 0 Å². The largest absolute Gasteiger partial charge is 0.478 e. The van der Waals surface area contributed by atoms with Gasteiger partial charge in [-0.1, -0.05) is 0 Å². The molecule has 8 heteroatoms. The van der Waals surface area contributed by atoms with Crippen LogP contribution < -0.4 is 5.32 Å². The van der Waals surface area contributed by atoms with E-state index in [1.807, 2.05) is 6.92 Å². The van der Waals surface area contributed by atoms with Crippen molar-refractivity contribution in [3.63, 3.8) is 0 Å². The van der Waals surface area contributed by atoms with E-state index in [2.05, 4.69) is 10.3 Å². The van der Waals surface area contributed by atoms with Crippen molar-refractivity contribution in [2.24, 2.45) is 0 Å². The maximum atomic E-state index is 12.2. The fourth-order valence-electron chi connectivity index (χ4n) is 2.14. The average molecular weight is 295 g/mol. The molecule has 1 aliphatic heterocycles. The molecule has 2 atom stereocenters. The third-order valence-corrected chi connectivity index (χ3v) is 3.05. The van der Waals surface area contributed by atoms with Gasteiger partial charge in [-0.05, 0) is 13.0 Å². The van der Waals surface area contributed by atoms with Crippen molar-refractivity contribution in [2.75, 3.05) is 25.0 Å². The molecule has 1 aromatic rings. The number of carbonyl (C=O) groups is 2. The summed E-state index contributed by atoms with van der Waals surface area (Å²) in [4.78, 5) is 28.3. The number of pyridine rings is 1.